The Kier molecular flexibility index (Phi) is 8.05. The Labute approximate surface area is 169 Å². The molecule has 0 fully saturated rings. The van der Waals surface area contributed by atoms with E-state index in [1.807, 2.05) is 43.0 Å². The molecule has 0 saturated heterocycles. The van der Waals surface area contributed by atoms with Crippen molar-refractivity contribution < 1.29 is 9.72 Å². The van der Waals surface area contributed by atoms with Crippen LogP contribution in [0.4, 0.5) is 5.69 Å². The largest absolute Gasteiger partial charge is 0.351 e. The minimum absolute atomic E-state index is 0.0826. The number of nitro benzene ring substituents is 1. The molecule has 6 nitrogen and oxygen atoms in total. The monoisotopic (exact) mass is 397 g/mol. The van der Waals surface area contributed by atoms with Gasteiger partial charge in [-0.1, -0.05) is 42.3 Å². The fraction of sp³-hybridized carbons (Fsp3) is 0.286. The number of hydrogen-bond acceptors (Lipinski definition) is 5. The molecule has 2 aromatic rings. The van der Waals surface area contributed by atoms with Crippen molar-refractivity contribution in [1.82, 2.24) is 10.2 Å². The van der Waals surface area contributed by atoms with Crippen LogP contribution in [0.15, 0.2) is 52.3 Å². The quantitative estimate of drug-likeness (QED) is 0.396. The third kappa shape index (κ3) is 6.12. The fourth-order valence-electron chi connectivity index (χ4n) is 2.53. The lowest BCUT2D eigenvalue weighted by atomic mass is 10.2. The van der Waals surface area contributed by atoms with E-state index in [1.54, 1.807) is 12.1 Å². The Balaban J connectivity index is 2.08. The molecule has 2 aromatic carbocycles. The van der Waals surface area contributed by atoms with Gasteiger partial charge in [0.05, 0.1) is 16.4 Å². The van der Waals surface area contributed by atoms with Crippen molar-refractivity contribution >= 4 is 23.4 Å². The van der Waals surface area contributed by atoms with E-state index in [0.29, 0.717) is 24.5 Å². The molecule has 0 atom stereocenters. The summed E-state index contributed by atoms with van der Waals surface area (Å²) in [6.45, 7) is 6.32. The first kappa shape index (κ1) is 21.5. The van der Waals surface area contributed by atoms with Crippen molar-refractivity contribution in [2.75, 3.05) is 26.2 Å². The van der Waals surface area contributed by atoms with Crippen molar-refractivity contribution in [2.24, 2.45) is 0 Å². The summed E-state index contributed by atoms with van der Waals surface area (Å²) in [5.74, 6) is 2.23. The topological polar surface area (TPSA) is 75.5 Å². The standard InChI is InChI=1S/C21H23N3O3S/c1-4-13-23(5-2)14-12-22-21(25)17-8-11-20(19(15-17)24(26)27)28-18-9-6-16(3)7-10-18/h1,6-11,15H,5,12-14H2,2-3H3,(H,22,25). The molecule has 2 rings (SSSR count). The first-order valence-corrected chi connectivity index (χ1v) is 9.73. The third-order valence-electron chi connectivity index (χ3n) is 4.14. The van der Waals surface area contributed by atoms with Gasteiger partial charge in [-0.2, -0.15) is 0 Å². The number of aryl methyl sites for hydroxylation is 1. The van der Waals surface area contributed by atoms with Gasteiger partial charge in [-0.05, 0) is 37.7 Å². The van der Waals surface area contributed by atoms with Crippen molar-refractivity contribution in [2.45, 2.75) is 23.6 Å². The molecule has 28 heavy (non-hydrogen) atoms. The number of rotatable bonds is 9. The van der Waals surface area contributed by atoms with Gasteiger partial charge >= 0.3 is 0 Å². The van der Waals surface area contributed by atoms with Crippen molar-refractivity contribution in [3.63, 3.8) is 0 Å². The van der Waals surface area contributed by atoms with Crippen LogP contribution in [-0.4, -0.2) is 41.9 Å². The van der Waals surface area contributed by atoms with Gasteiger partial charge in [0.1, 0.15) is 0 Å². The molecule has 0 radical (unpaired) electrons. The number of amides is 1. The van der Waals surface area contributed by atoms with Crippen LogP contribution in [0.2, 0.25) is 0 Å². The summed E-state index contributed by atoms with van der Waals surface area (Å²) in [7, 11) is 0. The molecular weight excluding hydrogens is 374 g/mol. The zero-order valence-corrected chi connectivity index (χ0v) is 16.8. The number of benzene rings is 2. The first-order chi connectivity index (χ1) is 13.4. The minimum atomic E-state index is -0.459. The van der Waals surface area contributed by atoms with Gasteiger partial charge in [-0.3, -0.25) is 19.8 Å². The molecule has 0 aliphatic rings. The fourth-order valence-corrected chi connectivity index (χ4v) is 3.43. The maximum absolute atomic E-state index is 12.4. The van der Waals surface area contributed by atoms with Gasteiger partial charge in [0.15, 0.2) is 0 Å². The molecule has 0 bridgehead atoms. The van der Waals surface area contributed by atoms with E-state index >= 15 is 0 Å². The Bertz CT molecular complexity index is 875. The zero-order chi connectivity index (χ0) is 20.5. The van der Waals surface area contributed by atoms with E-state index in [4.69, 9.17) is 6.42 Å². The number of nitrogens with one attached hydrogen (secondary N) is 1. The summed E-state index contributed by atoms with van der Waals surface area (Å²) in [5, 5.41) is 14.3. The second-order valence-electron chi connectivity index (χ2n) is 6.18. The average Bonchev–Trinajstić information content (AvgIpc) is 2.69. The molecule has 0 heterocycles. The Hall–Kier alpha value is -2.82. The van der Waals surface area contributed by atoms with E-state index in [-0.39, 0.29) is 17.2 Å². The van der Waals surface area contributed by atoms with Crippen molar-refractivity contribution in [1.29, 1.82) is 0 Å². The number of hydrogen-bond donors (Lipinski definition) is 1. The smallest absolute Gasteiger partial charge is 0.284 e. The zero-order valence-electron chi connectivity index (χ0n) is 16.0. The number of likely N-dealkylation sites (N-methyl/N-ethyl adjacent to an activating group) is 1. The molecule has 1 amide bonds. The van der Waals surface area contributed by atoms with Crippen LogP contribution in [0.5, 0.6) is 0 Å². The molecule has 0 aliphatic carbocycles. The average molecular weight is 398 g/mol. The number of nitro groups is 1. The molecule has 0 aromatic heterocycles. The van der Waals surface area contributed by atoms with E-state index < -0.39 is 4.92 Å². The van der Waals surface area contributed by atoms with Crippen LogP contribution in [0.25, 0.3) is 0 Å². The number of carbonyl (C=O) groups is 1. The number of carbonyl (C=O) groups excluding carboxylic acids is 1. The summed E-state index contributed by atoms with van der Waals surface area (Å²) >= 11 is 1.30. The summed E-state index contributed by atoms with van der Waals surface area (Å²) in [4.78, 5) is 26.8. The molecule has 1 N–H and O–H groups in total. The van der Waals surface area contributed by atoms with Crippen LogP contribution in [0, 0.1) is 29.4 Å². The highest BCUT2D eigenvalue weighted by atomic mass is 32.2. The Morgan fingerprint density at radius 1 is 1.29 bits per heavy atom. The lowest BCUT2D eigenvalue weighted by Crippen LogP contribution is -2.35. The molecule has 7 heteroatoms. The maximum atomic E-state index is 12.4. The predicted molar refractivity (Wildman–Crippen MR) is 112 cm³/mol. The van der Waals surface area contributed by atoms with Gasteiger partial charge in [0, 0.05) is 29.6 Å². The second-order valence-corrected chi connectivity index (χ2v) is 7.30. The first-order valence-electron chi connectivity index (χ1n) is 8.91. The summed E-state index contributed by atoms with van der Waals surface area (Å²) in [5.41, 5.74) is 1.30. The predicted octanol–water partition coefficient (Wildman–Crippen LogP) is 3.74. The summed E-state index contributed by atoms with van der Waals surface area (Å²) in [6.07, 6.45) is 5.30. The van der Waals surface area contributed by atoms with Gasteiger partial charge in [0.2, 0.25) is 0 Å². The summed E-state index contributed by atoms with van der Waals surface area (Å²) < 4.78 is 0. The minimum Gasteiger partial charge on any atom is -0.351 e. The SMILES string of the molecule is C#CCN(CC)CCNC(=O)c1ccc(Sc2ccc(C)cc2)c([N+](=O)[O-])c1. The third-order valence-corrected chi connectivity index (χ3v) is 5.22. The Morgan fingerprint density at radius 3 is 2.61 bits per heavy atom. The molecule has 0 spiro atoms. The Morgan fingerprint density at radius 2 is 2.00 bits per heavy atom. The van der Waals surface area contributed by atoms with Gasteiger partial charge in [0.25, 0.3) is 11.6 Å². The van der Waals surface area contributed by atoms with Crippen LogP contribution in [0.1, 0.15) is 22.8 Å². The highest BCUT2D eigenvalue weighted by Crippen LogP contribution is 2.35. The molecule has 0 unspecified atom stereocenters. The highest BCUT2D eigenvalue weighted by molar-refractivity contribution is 7.99. The van der Waals surface area contributed by atoms with Crippen LogP contribution >= 0.6 is 11.8 Å². The molecule has 146 valence electrons. The second kappa shape index (κ2) is 10.5. The lowest BCUT2D eigenvalue weighted by Gasteiger charge is -2.17. The van der Waals surface area contributed by atoms with Crippen LogP contribution in [-0.2, 0) is 0 Å². The van der Waals surface area contributed by atoms with Crippen molar-refractivity contribution in [3.8, 4) is 12.3 Å². The van der Waals surface area contributed by atoms with Gasteiger partial charge < -0.3 is 5.32 Å². The highest BCUT2D eigenvalue weighted by Gasteiger charge is 2.18. The van der Waals surface area contributed by atoms with Gasteiger partial charge in [-0.25, -0.2) is 0 Å². The van der Waals surface area contributed by atoms with E-state index in [1.165, 1.54) is 17.8 Å². The van der Waals surface area contributed by atoms with E-state index in [2.05, 4.69) is 11.2 Å². The van der Waals surface area contributed by atoms with Crippen molar-refractivity contribution in [3.05, 3.63) is 63.7 Å². The molecule has 0 aliphatic heterocycles. The van der Waals surface area contributed by atoms with Gasteiger partial charge in [-0.15, -0.1) is 6.42 Å². The molecular formula is C21H23N3O3S. The number of nitrogens with zero attached hydrogens (tertiary/aromatic N) is 2. The number of terminal acetylenes is 1. The van der Waals surface area contributed by atoms with Crippen LogP contribution in [0.3, 0.4) is 0 Å². The molecule has 0 saturated carbocycles. The van der Waals surface area contributed by atoms with E-state index in [9.17, 15) is 14.9 Å². The maximum Gasteiger partial charge on any atom is 0.284 e. The lowest BCUT2D eigenvalue weighted by molar-refractivity contribution is -0.387. The van der Waals surface area contributed by atoms with Crippen LogP contribution < -0.4 is 5.32 Å². The summed E-state index contributed by atoms with van der Waals surface area (Å²) in [6, 6.07) is 12.3. The van der Waals surface area contributed by atoms with E-state index in [0.717, 1.165) is 17.0 Å². The normalized spacial score (nSPS) is 10.5.